The van der Waals surface area contributed by atoms with E-state index >= 15 is 0 Å². The molecule has 0 spiro atoms. The van der Waals surface area contributed by atoms with Crippen molar-refractivity contribution in [2.24, 2.45) is 0 Å². The van der Waals surface area contributed by atoms with Gasteiger partial charge in [-0.3, -0.25) is 4.98 Å². The number of hydrogen-bond donors (Lipinski definition) is 0. The van der Waals surface area contributed by atoms with Crippen molar-refractivity contribution < 1.29 is 4.74 Å². The fourth-order valence-corrected chi connectivity index (χ4v) is 3.91. The molecule has 0 N–H and O–H groups in total. The molecule has 0 radical (unpaired) electrons. The number of likely N-dealkylation sites (N-methyl/N-ethyl adjacent to an activating group) is 1. The van der Waals surface area contributed by atoms with Crippen LogP contribution >= 0.6 is 0 Å². The van der Waals surface area contributed by atoms with Crippen LogP contribution in [0.2, 0.25) is 0 Å². The molecule has 6 nitrogen and oxygen atoms in total. The summed E-state index contributed by atoms with van der Waals surface area (Å²) in [5.74, 6) is 0.841. The van der Waals surface area contributed by atoms with Gasteiger partial charge in [0.1, 0.15) is 5.69 Å². The van der Waals surface area contributed by atoms with Crippen LogP contribution in [0, 0.1) is 0 Å². The highest BCUT2D eigenvalue weighted by Crippen LogP contribution is 2.29. The van der Waals surface area contributed by atoms with Gasteiger partial charge < -0.3 is 14.2 Å². The van der Waals surface area contributed by atoms with Crippen molar-refractivity contribution in [3.63, 3.8) is 0 Å². The van der Waals surface area contributed by atoms with Crippen LogP contribution in [-0.4, -0.2) is 46.8 Å². The number of anilines is 1. The van der Waals surface area contributed by atoms with E-state index in [0.717, 1.165) is 51.4 Å². The highest BCUT2D eigenvalue weighted by atomic mass is 16.5. The Labute approximate surface area is 187 Å². The van der Waals surface area contributed by atoms with Gasteiger partial charge >= 0.3 is 0 Å². The van der Waals surface area contributed by atoms with Crippen LogP contribution in [-0.2, 0) is 11.3 Å². The summed E-state index contributed by atoms with van der Waals surface area (Å²) in [7, 11) is 3.80. The standard InChI is InChI=1S/C26H25N5O/c1-30(15-16-32-2)21-11-13-23-25(17-21)31(18-20-8-5-6-14-27-20)26(29-23)24-12-10-19-7-3-4-9-22(19)28-24/h3-14,17H,15-16,18H2,1-2H3. The number of benzene rings is 2. The maximum atomic E-state index is 5.25. The topological polar surface area (TPSA) is 56.1 Å². The van der Waals surface area contributed by atoms with Crippen molar-refractivity contribution in [1.82, 2.24) is 19.5 Å². The number of methoxy groups -OCH3 is 1. The molecule has 5 aromatic rings. The summed E-state index contributed by atoms with van der Waals surface area (Å²) in [5, 5.41) is 1.12. The number of ether oxygens (including phenoxy) is 1. The number of pyridine rings is 2. The third-order valence-electron chi connectivity index (χ3n) is 5.68. The molecule has 0 saturated heterocycles. The quantitative estimate of drug-likeness (QED) is 0.377. The van der Waals surface area contributed by atoms with Crippen molar-refractivity contribution in [3.05, 3.63) is 84.7 Å². The molecular weight excluding hydrogens is 398 g/mol. The number of aromatic nitrogens is 4. The van der Waals surface area contributed by atoms with Crippen LogP contribution < -0.4 is 4.90 Å². The third-order valence-corrected chi connectivity index (χ3v) is 5.68. The Morgan fingerprint density at radius 2 is 1.78 bits per heavy atom. The van der Waals surface area contributed by atoms with Gasteiger partial charge in [0.05, 0.1) is 35.4 Å². The molecular formula is C26H25N5O. The van der Waals surface area contributed by atoms with E-state index in [9.17, 15) is 0 Å². The van der Waals surface area contributed by atoms with Crippen molar-refractivity contribution in [2.45, 2.75) is 6.54 Å². The van der Waals surface area contributed by atoms with E-state index in [1.165, 1.54) is 0 Å². The predicted molar refractivity (Wildman–Crippen MR) is 129 cm³/mol. The third kappa shape index (κ3) is 3.92. The van der Waals surface area contributed by atoms with E-state index in [4.69, 9.17) is 14.7 Å². The number of imidazole rings is 1. The second-order valence-corrected chi connectivity index (χ2v) is 7.82. The van der Waals surface area contributed by atoms with E-state index in [2.05, 4.69) is 51.8 Å². The maximum Gasteiger partial charge on any atom is 0.160 e. The molecule has 0 aliphatic rings. The molecule has 6 heteroatoms. The summed E-state index contributed by atoms with van der Waals surface area (Å²) in [5.41, 5.74) is 5.91. The number of hydrogen-bond acceptors (Lipinski definition) is 5. The normalized spacial score (nSPS) is 11.3. The summed E-state index contributed by atoms with van der Waals surface area (Å²) in [6, 6.07) is 24.7. The van der Waals surface area contributed by atoms with Crippen LogP contribution in [0.3, 0.4) is 0 Å². The first-order valence-electron chi connectivity index (χ1n) is 10.7. The van der Waals surface area contributed by atoms with Gasteiger partial charge in [0.15, 0.2) is 5.82 Å². The van der Waals surface area contributed by atoms with E-state index in [1.54, 1.807) is 7.11 Å². The van der Waals surface area contributed by atoms with Crippen LogP contribution in [0.5, 0.6) is 0 Å². The van der Waals surface area contributed by atoms with Gasteiger partial charge in [-0.2, -0.15) is 0 Å². The van der Waals surface area contributed by atoms with Crippen LogP contribution in [0.1, 0.15) is 5.69 Å². The van der Waals surface area contributed by atoms with Crippen LogP contribution in [0.15, 0.2) is 79.0 Å². The Kier molecular flexibility index (Phi) is 5.52. The molecule has 32 heavy (non-hydrogen) atoms. The fourth-order valence-electron chi connectivity index (χ4n) is 3.91. The highest BCUT2D eigenvalue weighted by molar-refractivity contribution is 5.85. The molecule has 3 aromatic heterocycles. The Morgan fingerprint density at radius 1 is 0.906 bits per heavy atom. The molecule has 0 amide bonds. The number of para-hydroxylation sites is 1. The smallest absolute Gasteiger partial charge is 0.160 e. The second kappa shape index (κ2) is 8.77. The SMILES string of the molecule is COCCN(C)c1ccc2nc(-c3ccc4ccccc4n3)n(Cc3ccccn3)c2c1. The minimum Gasteiger partial charge on any atom is -0.383 e. The first kappa shape index (κ1) is 20.2. The average Bonchev–Trinajstić information content (AvgIpc) is 3.20. The largest absolute Gasteiger partial charge is 0.383 e. The van der Waals surface area contributed by atoms with Crippen LogP contribution in [0.25, 0.3) is 33.5 Å². The van der Waals surface area contributed by atoms with Crippen molar-refractivity contribution in [2.75, 3.05) is 32.2 Å². The summed E-state index contributed by atoms with van der Waals surface area (Å²) < 4.78 is 7.46. The second-order valence-electron chi connectivity index (χ2n) is 7.82. The van der Waals surface area contributed by atoms with E-state index in [-0.39, 0.29) is 0 Å². The molecule has 0 aliphatic carbocycles. The predicted octanol–water partition coefficient (Wildman–Crippen LogP) is 4.78. The summed E-state index contributed by atoms with van der Waals surface area (Å²) in [6.07, 6.45) is 1.83. The molecule has 0 aliphatic heterocycles. The minimum atomic E-state index is 0.617. The highest BCUT2D eigenvalue weighted by Gasteiger charge is 2.16. The molecule has 5 rings (SSSR count). The minimum absolute atomic E-state index is 0.617. The Bertz CT molecular complexity index is 1360. The zero-order valence-electron chi connectivity index (χ0n) is 18.3. The van der Waals surface area contributed by atoms with E-state index in [1.807, 2.05) is 48.7 Å². The van der Waals surface area contributed by atoms with Gasteiger partial charge in [-0.05, 0) is 42.5 Å². The van der Waals surface area contributed by atoms with Gasteiger partial charge in [-0.25, -0.2) is 9.97 Å². The molecule has 160 valence electrons. The molecule has 2 aromatic carbocycles. The lowest BCUT2D eigenvalue weighted by atomic mass is 10.2. The number of rotatable bonds is 7. The van der Waals surface area contributed by atoms with Crippen LogP contribution in [0.4, 0.5) is 5.69 Å². The first-order valence-corrected chi connectivity index (χ1v) is 10.7. The summed E-state index contributed by atoms with van der Waals surface area (Å²) >= 11 is 0. The Hall–Kier alpha value is -3.77. The number of nitrogens with zero attached hydrogens (tertiary/aromatic N) is 5. The first-order chi connectivity index (χ1) is 15.7. The van der Waals surface area contributed by atoms with Gasteiger partial charge in [0, 0.05) is 38.0 Å². The van der Waals surface area contributed by atoms with E-state index < -0.39 is 0 Å². The fraction of sp³-hybridized carbons (Fsp3) is 0.192. The molecule has 3 heterocycles. The maximum absolute atomic E-state index is 5.25. The van der Waals surface area contributed by atoms with Crippen molar-refractivity contribution in [3.8, 4) is 11.5 Å². The number of fused-ring (bicyclic) bond motifs is 2. The zero-order valence-corrected chi connectivity index (χ0v) is 18.3. The van der Waals surface area contributed by atoms with Gasteiger partial charge in [0.25, 0.3) is 0 Å². The average molecular weight is 424 g/mol. The lowest BCUT2D eigenvalue weighted by Crippen LogP contribution is -2.21. The molecule has 0 fully saturated rings. The Balaban J connectivity index is 1.65. The van der Waals surface area contributed by atoms with E-state index in [0.29, 0.717) is 13.2 Å². The molecule has 0 saturated carbocycles. The summed E-state index contributed by atoms with van der Waals surface area (Å²) in [6.45, 7) is 2.11. The van der Waals surface area contributed by atoms with Crippen molar-refractivity contribution >= 4 is 27.6 Å². The monoisotopic (exact) mass is 423 g/mol. The van der Waals surface area contributed by atoms with Gasteiger partial charge in [0.2, 0.25) is 0 Å². The molecule has 0 atom stereocenters. The van der Waals surface area contributed by atoms with Gasteiger partial charge in [-0.15, -0.1) is 0 Å². The molecule has 0 unspecified atom stereocenters. The molecule has 0 bridgehead atoms. The lowest BCUT2D eigenvalue weighted by molar-refractivity contribution is 0.206. The summed E-state index contributed by atoms with van der Waals surface area (Å²) in [4.78, 5) is 16.6. The lowest BCUT2D eigenvalue weighted by Gasteiger charge is -2.19. The van der Waals surface area contributed by atoms with Crippen molar-refractivity contribution in [1.29, 1.82) is 0 Å². The zero-order chi connectivity index (χ0) is 21.9. The van der Waals surface area contributed by atoms with Gasteiger partial charge in [-0.1, -0.05) is 30.3 Å². The Morgan fingerprint density at radius 3 is 2.62 bits per heavy atom.